The molecule has 0 saturated carbocycles. The molecule has 0 aliphatic rings. The van der Waals surface area contributed by atoms with Crippen molar-refractivity contribution in [3.8, 4) is 0 Å². The summed E-state index contributed by atoms with van der Waals surface area (Å²) in [5.74, 6) is -0.891. The van der Waals surface area contributed by atoms with E-state index in [0.29, 0.717) is 19.3 Å². The smallest absolute Gasteiger partial charge is 0.306 e. The quantitative estimate of drug-likeness (QED) is 0.0261. The molecule has 1 atom stereocenters. The Kier molecular flexibility index (Phi) is 61.8. The first-order chi connectivity index (χ1) is 38.0. The average Bonchev–Trinajstić information content (AvgIpc) is 3.43. The van der Waals surface area contributed by atoms with Gasteiger partial charge in [0, 0.05) is 19.3 Å². The lowest BCUT2D eigenvalue weighted by Gasteiger charge is -2.18. The maximum Gasteiger partial charge on any atom is 0.306 e. The van der Waals surface area contributed by atoms with Crippen molar-refractivity contribution in [3.63, 3.8) is 0 Å². The molecule has 0 bridgehead atoms. The van der Waals surface area contributed by atoms with E-state index in [1.807, 2.05) is 0 Å². The van der Waals surface area contributed by atoms with Crippen LogP contribution in [0.15, 0.2) is 97.2 Å². The van der Waals surface area contributed by atoms with Gasteiger partial charge in [-0.2, -0.15) is 0 Å². The Hall–Kier alpha value is -3.67. The molecule has 442 valence electrons. The molecule has 0 fully saturated rings. The number of hydrogen-bond acceptors (Lipinski definition) is 6. The number of hydrogen-bond donors (Lipinski definition) is 0. The van der Waals surface area contributed by atoms with E-state index in [1.54, 1.807) is 0 Å². The molecule has 0 amide bonds. The van der Waals surface area contributed by atoms with E-state index in [1.165, 1.54) is 161 Å². The Morgan fingerprint density at radius 3 is 0.805 bits per heavy atom. The third kappa shape index (κ3) is 63.0. The lowest BCUT2D eigenvalue weighted by Crippen LogP contribution is -2.30. The fraction of sp³-hybridized carbons (Fsp3) is 0.732. The Balaban J connectivity index is 4.23. The molecule has 0 aromatic heterocycles. The van der Waals surface area contributed by atoms with Crippen LogP contribution in [0.1, 0.15) is 316 Å². The van der Waals surface area contributed by atoms with Gasteiger partial charge < -0.3 is 14.2 Å². The zero-order chi connectivity index (χ0) is 55.7. The zero-order valence-corrected chi connectivity index (χ0v) is 50.7. The predicted octanol–water partition coefficient (Wildman–Crippen LogP) is 22.4. The molecule has 0 rings (SSSR count). The lowest BCUT2D eigenvalue weighted by atomic mass is 10.0. The largest absolute Gasteiger partial charge is 0.462 e. The Morgan fingerprint density at radius 1 is 0.273 bits per heavy atom. The summed E-state index contributed by atoms with van der Waals surface area (Å²) >= 11 is 0. The number of rotatable bonds is 59. The second-order valence-electron chi connectivity index (χ2n) is 21.6. The van der Waals surface area contributed by atoms with Gasteiger partial charge in [0.15, 0.2) is 6.10 Å². The number of carbonyl (C=O) groups excluding carboxylic acids is 3. The van der Waals surface area contributed by atoms with Crippen molar-refractivity contribution < 1.29 is 28.6 Å². The maximum atomic E-state index is 12.9. The molecule has 6 heteroatoms. The van der Waals surface area contributed by atoms with Gasteiger partial charge in [0.2, 0.25) is 0 Å². The fourth-order valence-electron chi connectivity index (χ4n) is 9.14. The Bertz CT molecular complexity index is 1510. The first kappa shape index (κ1) is 73.3. The van der Waals surface area contributed by atoms with Gasteiger partial charge in [-0.1, -0.05) is 272 Å². The van der Waals surface area contributed by atoms with E-state index in [0.717, 1.165) is 116 Å². The summed E-state index contributed by atoms with van der Waals surface area (Å²) in [6.07, 6.45) is 87.0. The van der Waals surface area contributed by atoms with Crippen LogP contribution in [0.3, 0.4) is 0 Å². The number of carbonyl (C=O) groups is 3. The van der Waals surface area contributed by atoms with Crippen LogP contribution in [0.2, 0.25) is 0 Å². The van der Waals surface area contributed by atoms with E-state index in [-0.39, 0.29) is 31.1 Å². The van der Waals surface area contributed by atoms with Gasteiger partial charge in [-0.3, -0.25) is 14.4 Å². The zero-order valence-electron chi connectivity index (χ0n) is 50.7. The number of esters is 3. The topological polar surface area (TPSA) is 78.9 Å². The summed E-state index contributed by atoms with van der Waals surface area (Å²) in [7, 11) is 0. The lowest BCUT2D eigenvalue weighted by molar-refractivity contribution is -0.167. The average molecular weight is 1070 g/mol. The van der Waals surface area contributed by atoms with Crippen molar-refractivity contribution in [1.29, 1.82) is 0 Å². The van der Waals surface area contributed by atoms with Crippen molar-refractivity contribution in [2.45, 2.75) is 322 Å². The van der Waals surface area contributed by atoms with Crippen molar-refractivity contribution in [3.05, 3.63) is 97.2 Å². The van der Waals surface area contributed by atoms with E-state index < -0.39 is 6.10 Å². The summed E-state index contributed by atoms with van der Waals surface area (Å²) in [6, 6.07) is 0. The molecule has 0 N–H and O–H groups in total. The van der Waals surface area contributed by atoms with Crippen LogP contribution < -0.4 is 0 Å². The third-order valence-electron chi connectivity index (χ3n) is 14.0. The minimum absolute atomic E-state index is 0.0824. The molecule has 0 aliphatic heterocycles. The highest BCUT2D eigenvalue weighted by Crippen LogP contribution is 2.16. The minimum atomic E-state index is -0.786. The first-order valence-electron chi connectivity index (χ1n) is 32.7. The molecule has 0 saturated heterocycles. The maximum absolute atomic E-state index is 12.9. The van der Waals surface area contributed by atoms with Crippen LogP contribution >= 0.6 is 0 Å². The van der Waals surface area contributed by atoms with Crippen molar-refractivity contribution in [1.82, 2.24) is 0 Å². The molecule has 0 spiro atoms. The van der Waals surface area contributed by atoms with Gasteiger partial charge >= 0.3 is 17.9 Å². The standard InChI is InChI=1S/C71H122O6/c1-4-7-10-13-16-19-22-25-28-29-30-31-32-33-34-35-36-37-38-39-40-41-42-43-44-47-49-52-55-58-61-64-70(73)76-67-68(77-71(74)65-62-59-56-53-50-46-27-24-21-18-15-12-9-6-3)66-75-69(72)63-60-57-54-51-48-45-26-23-20-17-14-11-8-5-2/h7,10,16,19,23-28,30-31,33-34,36-37,68H,4-6,8-9,11-15,17-18,20-22,29,32,35,38-67H2,1-3H3/b10-7-,19-16-,26-23-,27-24-,28-25-,31-30-,34-33-,37-36-. The predicted molar refractivity (Wildman–Crippen MR) is 334 cm³/mol. The summed E-state index contributed by atoms with van der Waals surface area (Å²) < 4.78 is 16.9. The van der Waals surface area contributed by atoms with Gasteiger partial charge in [-0.25, -0.2) is 0 Å². The monoisotopic (exact) mass is 1070 g/mol. The van der Waals surface area contributed by atoms with Crippen molar-refractivity contribution >= 4 is 17.9 Å². The highest BCUT2D eigenvalue weighted by Gasteiger charge is 2.19. The highest BCUT2D eigenvalue weighted by atomic mass is 16.6. The van der Waals surface area contributed by atoms with Gasteiger partial charge in [0.05, 0.1) is 0 Å². The summed E-state index contributed by atoms with van der Waals surface area (Å²) in [5, 5.41) is 0. The summed E-state index contributed by atoms with van der Waals surface area (Å²) in [4.78, 5) is 38.3. The van der Waals surface area contributed by atoms with Crippen LogP contribution in [0.25, 0.3) is 0 Å². The molecule has 0 radical (unpaired) electrons. The highest BCUT2D eigenvalue weighted by molar-refractivity contribution is 5.71. The van der Waals surface area contributed by atoms with Crippen molar-refractivity contribution in [2.24, 2.45) is 0 Å². The number of ether oxygens (including phenoxy) is 3. The van der Waals surface area contributed by atoms with Crippen molar-refractivity contribution in [2.75, 3.05) is 13.2 Å². The Morgan fingerprint density at radius 2 is 0.506 bits per heavy atom. The van der Waals surface area contributed by atoms with Crippen LogP contribution in [0.4, 0.5) is 0 Å². The minimum Gasteiger partial charge on any atom is -0.462 e. The molecule has 0 aliphatic carbocycles. The summed E-state index contributed by atoms with van der Waals surface area (Å²) in [5.41, 5.74) is 0. The van der Waals surface area contributed by atoms with Gasteiger partial charge in [0.1, 0.15) is 13.2 Å². The molecule has 77 heavy (non-hydrogen) atoms. The molecule has 0 aromatic rings. The van der Waals surface area contributed by atoms with Crippen LogP contribution in [0.5, 0.6) is 0 Å². The second kappa shape index (κ2) is 64.9. The van der Waals surface area contributed by atoms with E-state index >= 15 is 0 Å². The Labute approximate surface area is 477 Å². The fourth-order valence-corrected chi connectivity index (χ4v) is 9.14. The molecule has 1 unspecified atom stereocenters. The van der Waals surface area contributed by atoms with Crippen LogP contribution in [0, 0.1) is 0 Å². The number of unbranched alkanes of at least 4 members (excludes halogenated alkanes) is 32. The molecule has 0 aromatic carbocycles. The van der Waals surface area contributed by atoms with Crippen LogP contribution in [-0.4, -0.2) is 37.2 Å². The molecular weight excluding hydrogens is 949 g/mol. The molecule has 6 nitrogen and oxygen atoms in total. The third-order valence-corrected chi connectivity index (χ3v) is 14.0. The number of allylic oxidation sites excluding steroid dienone is 16. The second-order valence-corrected chi connectivity index (χ2v) is 21.6. The normalized spacial score (nSPS) is 12.7. The SMILES string of the molecule is CC/C=C\C/C=C\C/C=C\C/C=C\C/C=C\C/C=C\CCCCCCCCCCCCCCC(=O)OCC(COC(=O)CCCCCCC/C=C\CCCCCCC)OC(=O)CCCCCCC/C=C\CCCCCCC. The van der Waals surface area contributed by atoms with E-state index in [4.69, 9.17) is 14.2 Å². The molecule has 0 heterocycles. The van der Waals surface area contributed by atoms with Gasteiger partial charge in [0.25, 0.3) is 0 Å². The van der Waals surface area contributed by atoms with Gasteiger partial charge in [-0.05, 0) is 122 Å². The van der Waals surface area contributed by atoms with E-state index in [9.17, 15) is 14.4 Å². The summed E-state index contributed by atoms with van der Waals surface area (Å²) in [6.45, 7) is 6.52. The van der Waals surface area contributed by atoms with E-state index in [2.05, 4.69) is 118 Å². The molecular formula is C71H122O6. The first-order valence-corrected chi connectivity index (χ1v) is 32.7. The van der Waals surface area contributed by atoms with Gasteiger partial charge in [-0.15, -0.1) is 0 Å². The van der Waals surface area contributed by atoms with Crippen LogP contribution in [-0.2, 0) is 28.6 Å².